The van der Waals surface area contributed by atoms with Gasteiger partial charge in [0, 0.05) is 6.92 Å². The van der Waals surface area contributed by atoms with Crippen molar-refractivity contribution in [3.8, 4) is 0 Å². The summed E-state index contributed by atoms with van der Waals surface area (Å²) in [5.41, 5.74) is 1.76. The molecule has 0 aliphatic rings. The van der Waals surface area contributed by atoms with Crippen LogP contribution in [0.25, 0.3) is 11.1 Å². The second kappa shape index (κ2) is 24.9. The van der Waals surface area contributed by atoms with E-state index in [4.69, 9.17) is 4.42 Å². The number of ketones is 3. The van der Waals surface area contributed by atoms with Crippen molar-refractivity contribution in [2.75, 3.05) is 0 Å². The highest BCUT2D eigenvalue weighted by molar-refractivity contribution is 6.39. The Morgan fingerprint density at radius 2 is 1.31 bits per heavy atom. The van der Waals surface area contributed by atoms with Crippen molar-refractivity contribution >= 4 is 28.4 Å². The normalized spacial score (nSPS) is 7.46. The molecule has 1 aromatic carbocycles. The van der Waals surface area contributed by atoms with Gasteiger partial charge in [0.25, 0.3) is 0 Å². The maximum absolute atomic E-state index is 10.4. The summed E-state index contributed by atoms with van der Waals surface area (Å²) in [5, 5.41) is 0. The molecule has 0 atom stereocenters. The van der Waals surface area contributed by atoms with Crippen molar-refractivity contribution in [1.82, 2.24) is 4.98 Å². The van der Waals surface area contributed by atoms with Gasteiger partial charge in [0.05, 0.1) is 6.42 Å². The number of hydrogen-bond donors (Lipinski definition) is 0. The quantitative estimate of drug-likeness (QED) is 0.487. The van der Waals surface area contributed by atoms with Crippen LogP contribution in [0.3, 0.4) is 0 Å². The van der Waals surface area contributed by atoms with Crippen molar-refractivity contribution in [2.45, 2.75) is 75.7 Å². The minimum Gasteiger partial charge on any atom is -0.443 e. The number of hydrogen-bond acceptors (Lipinski definition) is 5. The minimum atomic E-state index is -0.609. The number of rotatable bonds is 3. The lowest BCUT2D eigenvalue weighted by Crippen LogP contribution is -2.12. The Morgan fingerprint density at radius 3 is 1.65 bits per heavy atom. The van der Waals surface area contributed by atoms with E-state index in [1.165, 1.54) is 13.3 Å². The highest BCUT2D eigenvalue weighted by Gasteiger charge is 2.08. The third-order valence-electron chi connectivity index (χ3n) is 2.04. The smallest absolute Gasteiger partial charge is 0.205 e. The largest absolute Gasteiger partial charge is 0.443 e. The Labute approximate surface area is 159 Å². The maximum Gasteiger partial charge on any atom is 0.205 e. The van der Waals surface area contributed by atoms with Gasteiger partial charge in [0.15, 0.2) is 17.8 Å². The Balaban J connectivity index is -0.000000135. The van der Waals surface area contributed by atoms with Crippen molar-refractivity contribution in [3.63, 3.8) is 0 Å². The number of carbonyl (C=O) groups excluding carboxylic acids is 3. The molecule has 2 rings (SSSR count). The molecule has 0 N–H and O–H groups in total. The molecular formula is C21H37NO4. The van der Waals surface area contributed by atoms with Gasteiger partial charge in [0.1, 0.15) is 11.3 Å². The van der Waals surface area contributed by atoms with Gasteiger partial charge in [-0.15, -0.1) is 0 Å². The van der Waals surface area contributed by atoms with E-state index in [2.05, 4.69) is 4.98 Å². The van der Waals surface area contributed by atoms with Crippen LogP contribution in [0.2, 0.25) is 0 Å². The Kier molecular flexibility index (Phi) is 30.2. The summed E-state index contributed by atoms with van der Waals surface area (Å²) in [7, 11) is 0. The predicted octanol–water partition coefficient (Wildman–Crippen LogP) is 6.06. The lowest BCUT2D eigenvalue weighted by molar-refractivity contribution is -0.137. The van der Waals surface area contributed by atoms with Crippen molar-refractivity contribution < 1.29 is 18.8 Å². The van der Waals surface area contributed by atoms with Crippen molar-refractivity contribution in [1.29, 1.82) is 0 Å². The number of nitrogens with zero attached hydrogens (tertiary/aromatic N) is 1. The second-order valence-electron chi connectivity index (χ2n) is 3.68. The average molecular weight is 368 g/mol. The van der Waals surface area contributed by atoms with E-state index in [-0.39, 0.29) is 12.2 Å². The summed E-state index contributed by atoms with van der Waals surface area (Å²) >= 11 is 0. The molecule has 150 valence electrons. The topological polar surface area (TPSA) is 77.2 Å². The SMILES string of the molecule is CC.CC.CC.CC.CC(=O)CC(=O)C(C)=O.c1ccc2ocnc2c1. The van der Waals surface area contributed by atoms with Gasteiger partial charge in [0.2, 0.25) is 5.78 Å². The molecule has 2 aromatic rings. The summed E-state index contributed by atoms with van der Waals surface area (Å²) in [4.78, 5) is 34.7. The first-order chi connectivity index (χ1) is 12.5. The number of fused-ring (bicyclic) bond motifs is 1. The van der Waals surface area contributed by atoms with Crippen LogP contribution in [0.4, 0.5) is 0 Å². The van der Waals surface area contributed by atoms with Crippen molar-refractivity contribution in [2.24, 2.45) is 0 Å². The molecule has 0 aliphatic carbocycles. The number of oxazole rings is 1. The van der Waals surface area contributed by atoms with Gasteiger partial charge in [-0.05, 0) is 19.1 Å². The number of Topliss-reactive ketones (excluding diaryl/α,β-unsaturated/α-hetero) is 3. The van der Waals surface area contributed by atoms with E-state index < -0.39 is 11.6 Å². The number of carbonyl (C=O) groups is 3. The zero-order chi connectivity index (χ0) is 21.5. The third-order valence-corrected chi connectivity index (χ3v) is 2.04. The first kappa shape index (κ1) is 31.5. The zero-order valence-electron chi connectivity index (χ0n) is 18.2. The Morgan fingerprint density at radius 1 is 0.846 bits per heavy atom. The minimum absolute atomic E-state index is 0.255. The van der Waals surface area contributed by atoms with Crippen LogP contribution in [0.1, 0.15) is 75.7 Å². The van der Waals surface area contributed by atoms with Crippen molar-refractivity contribution in [3.05, 3.63) is 30.7 Å². The fourth-order valence-electron chi connectivity index (χ4n) is 1.15. The first-order valence-corrected chi connectivity index (χ1v) is 9.32. The van der Waals surface area contributed by atoms with E-state index in [0.29, 0.717) is 0 Å². The van der Waals surface area contributed by atoms with E-state index in [0.717, 1.165) is 18.0 Å². The standard InChI is InChI=1S/C7H5NO.C6H8O3.4C2H6/c1-2-4-7-6(3-1)8-5-9-7;1-4(7)3-6(9)5(2)8;4*1-2/h1-5H;3H2,1-2H3;4*1-2H3. The average Bonchev–Trinajstić information content (AvgIpc) is 3.17. The van der Waals surface area contributed by atoms with Gasteiger partial charge in [-0.2, -0.15) is 0 Å². The highest BCUT2D eigenvalue weighted by Crippen LogP contribution is 2.09. The molecule has 0 aliphatic heterocycles. The molecule has 5 heteroatoms. The molecular weight excluding hydrogens is 330 g/mol. The Hall–Kier alpha value is -2.30. The van der Waals surface area contributed by atoms with Gasteiger partial charge in [-0.3, -0.25) is 14.4 Å². The molecule has 0 radical (unpaired) electrons. The lowest BCUT2D eigenvalue weighted by Gasteiger charge is -1.87. The summed E-state index contributed by atoms with van der Waals surface area (Å²) in [6.45, 7) is 18.4. The van der Waals surface area contributed by atoms with Crippen LogP contribution in [-0.4, -0.2) is 22.3 Å². The van der Waals surface area contributed by atoms with E-state index in [9.17, 15) is 14.4 Å². The highest BCUT2D eigenvalue weighted by atomic mass is 16.3. The summed E-state index contributed by atoms with van der Waals surface area (Å²) in [5.74, 6) is -1.43. The van der Waals surface area contributed by atoms with Crippen LogP contribution < -0.4 is 0 Å². The molecule has 0 bridgehead atoms. The van der Waals surface area contributed by atoms with Crippen LogP contribution in [0.15, 0.2) is 35.1 Å². The van der Waals surface area contributed by atoms with Gasteiger partial charge in [-0.1, -0.05) is 67.5 Å². The molecule has 5 nitrogen and oxygen atoms in total. The molecule has 1 heterocycles. The van der Waals surface area contributed by atoms with Gasteiger partial charge < -0.3 is 4.42 Å². The molecule has 0 saturated carbocycles. The van der Waals surface area contributed by atoms with Gasteiger partial charge >= 0.3 is 0 Å². The number of aromatic nitrogens is 1. The van der Waals surface area contributed by atoms with Crippen LogP contribution in [-0.2, 0) is 14.4 Å². The Bertz CT molecular complexity index is 544. The molecule has 0 amide bonds. The van der Waals surface area contributed by atoms with E-state index in [1.807, 2.05) is 79.7 Å². The summed E-state index contributed by atoms with van der Waals surface area (Å²) in [6.07, 6.45) is 1.19. The summed E-state index contributed by atoms with van der Waals surface area (Å²) in [6, 6.07) is 7.67. The lowest BCUT2D eigenvalue weighted by atomic mass is 10.2. The molecule has 0 unspecified atom stereocenters. The molecule has 26 heavy (non-hydrogen) atoms. The molecule has 1 aromatic heterocycles. The number of para-hydroxylation sites is 2. The van der Waals surface area contributed by atoms with E-state index in [1.54, 1.807) is 0 Å². The fraction of sp³-hybridized carbons (Fsp3) is 0.524. The number of benzene rings is 1. The summed E-state index contributed by atoms with van der Waals surface area (Å²) < 4.78 is 5.01. The first-order valence-electron chi connectivity index (χ1n) is 9.32. The third kappa shape index (κ3) is 18.0. The second-order valence-corrected chi connectivity index (χ2v) is 3.68. The van der Waals surface area contributed by atoms with Crippen LogP contribution >= 0.6 is 0 Å². The molecule has 0 fully saturated rings. The van der Waals surface area contributed by atoms with Crippen LogP contribution in [0, 0.1) is 0 Å². The van der Waals surface area contributed by atoms with Crippen LogP contribution in [0.5, 0.6) is 0 Å². The predicted molar refractivity (Wildman–Crippen MR) is 110 cm³/mol. The van der Waals surface area contributed by atoms with E-state index >= 15 is 0 Å². The molecule has 0 saturated heterocycles. The fourth-order valence-corrected chi connectivity index (χ4v) is 1.15. The maximum atomic E-state index is 10.4. The zero-order valence-corrected chi connectivity index (χ0v) is 18.2. The molecule has 0 spiro atoms. The monoisotopic (exact) mass is 367 g/mol. The van der Waals surface area contributed by atoms with Gasteiger partial charge in [-0.25, -0.2) is 4.98 Å².